The van der Waals surface area contributed by atoms with Gasteiger partial charge in [0, 0.05) is 45.4 Å². The molecule has 5 heteroatoms. The van der Waals surface area contributed by atoms with Crippen molar-refractivity contribution in [2.75, 3.05) is 0 Å². The number of fused-ring (bicyclic) bond motifs is 1. The molecule has 0 atom stereocenters. The minimum absolute atomic E-state index is 0.296. The lowest BCUT2D eigenvalue weighted by Gasteiger charge is -2.10. The third-order valence-electron chi connectivity index (χ3n) is 5.75. The molecule has 0 saturated carbocycles. The molecule has 4 nitrogen and oxygen atoms in total. The van der Waals surface area contributed by atoms with E-state index in [9.17, 15) is 9.90 Å². The quantitative estimate of drug-likeness (QED) is 0.305. The largest absolute Gasteiger partial charge is 0.478 e. The van der Waals surface area contributed by atoms with Crippen LogP contribution in [-0.2, 0) is 6.54 Å². The zero-order chi connectivity index (χ0) is 22.8. The molecule has 1 N–H and O–H groups in total. The van der Waals surface area contributed by atoms with Gasteiger partial charge in [0.15, 0.2) is 0 Å². The lowest BCUT2D eigenvalue weighted by molar-refractivity contribution is 0.0696. The molecule has 2 aromatic heterocycles. The monoisotopic (exact) mass is 450 g/mol. The maximum absolute atomic E-state index is 11.4. The van der Waals surface area contributed by atoms with E-state index in [0.717, 1.165) is 44.1 Å². The van der Waals surface area contributed by atoms with E-state index in [4.69, 9.17) is 0 Å². The van der Waals surface area contributed by atoms with Crippen molar-refractivity contribution in [1.82, 2.24) is 9.55 Å². The number of hydrogen-bond donors (Lipinski definition) is 1. The fourth-order valence-electron chi connectivity index (χ4n) is 4.07. The third kappa shape index (κ3) is 4.28. The number of aromatic carboxylic acids is 1. The molecule has 5 aromatic rings. The van der Waals surface area contributed by atoms with Crippen molar-refractivity contribution >= 4 is 28.6 Å². The van der Waals surface area contributed by atoms with Gasteiger partial charge in [0.05, 0.1) is 11.1 Å². The molecule has 0 bridgehead atoms. The van der Waals surface area contributed by atoms with Gasteiger partial charge < -0.3 is 9.67 Å². The minimum Gasteiger partial charge on any atom is -0.478 e. The summed E-state index contributed by atoms with van der Waals surface area (Å²) in [6.45, 7) is 2.89. The van der Waals surface area contributed by atoms with Crippen LogP contribution in [0.15, 0.2) is 107 Å². The smallest absolute Gasteiger partial charge is 0.335 e. The second kappa shape index (κ2) is 8.96. The molecule has 0 spiro atoms. The lowest BCUT2D eigenvalue weighted by atomic mass is 10.1. The second-order valence-corrected chi connectivity index (χ2v) is 8.98. The predicted octanol–water partition coefficient (Wildman–Crippen LogP) is 6.91. The van der Waals surface area contributed by atoms with E-state index in [1.807, 2.05) is 24.4 Å². The van der Waals surface area contributed by atoms with Crippen LogP contribution in [0.4, 0.5) is 0 Å². The van der Waals surface area contributed by atoms with Crippen molar-refractivity contribution in [2.45, 2.75) is 23.3 Å². The molecular formula is C28H22N2O2S. The summed E-state index contributed by atoms with van der Waals surface area (Å²) >= 11 is 1.61. The SMILES string of the molecule is Cc1c(Sc2cccc(C(=O)O)c2)c2ccc(-c3cccnc3)cc2n1Cc1ccccc1. The summed E-state index contributed by atoms with van der Waals surface area (Å²) in [4.78, 5) is 17.8. The van der Waals surface area contributed by atoms with Crippen LogP contribution in [0.5, 0.6) is 0 Å². The summed E-state index contributed by atoms with van der Waals surface area (Å²) in [6.07, 6.45) is 3.66. The Bertz CT molecular complexity index is 1440. The van der Waals surface area contributed by atoms with Gasteiger partial charge in [-0.2, -0.15) is 0 Å². The Kier molecular flexibility index (Phi) is 5.71. The molecule has 162 valence electrons. The van der Waals surface area contributed by atoms with Crippen molar-refractivity contribution in [3.8, 4) is 11.1 Å². The van der Waals surface area contributed by atoms with E-state index in [0.29, 0.717) is 5.56 Å². The fourth-order valence-corrected chi connectivity index (χ4v) is 5.18. The highest BCUT2D eigenvalue weighted by Gasteiger charge is 2.17. The van der Waals surface area contributed by atoms with E-state index in [2.05, 4.69) is 65.0 Å². The first-order valence-electron chi connectivity index (χ1n) is 10.7. The van der Waals surface area contributed by atoms with Gasteiger partial charge in [0.25, 0.3) is 0 Å². The first kappa shape index (κ1) is 21.0. The minimum atomic E-state index is -0.915. The number of carboxylic acid groups (broad SMARTS) is 1. The molecule has 0 aliphatic heterocycles. The van der Waals surface area contributed by atoms with Gasteiger partial charge >= 0.3 is 5.97 Å². The number of carboxylic acids is 1. The van der Waals surface area contributed by atoms with Gasteiger partial charge in [0.2, 0.25) is 0 Å². The van der Waals surface area contributed by atoms with E-state index in [1.54, 1.807) is 36.2 Å². The van der Waals surface area contributed by atoms with Gasteiger partial charge in [0.1, 0.15) is 0 Å². The Morgan fingerprint density at radius 1 is 0.939 bits per heavy atom. The van der Waals surface area contributed by atoms with Crippen LogP contribution >= 0.6 is 11.8 Å². The number of pyridine rings is 1. The van der Waals surface area contributed by atoms with Gasteiger partial charge in [-0.15, -0.1) is 0 Å². The van der Waals surface area contributed by atoms with Gasteiger partial charge in [-0.1, -0.05) is 66.4 Å². The van der Waals surface area contributed by atoms with Crippen LogP contribution in [0, 0.1) is 6.92 Å². The van der Waals surface area contributed by atoms with E-state index < -0.39 is 5.97 Å². The molecule has 5 rings (SSSR count). The molecule has 0 unspecified atom stereocenters. The van der Waals surface area contributed by atoms with Crippen molar-refractivity contribution in [1.29, 1.82) is 0 Å². The summed E-state index contributed by atoms with van der Waals surface area (Å²) in [5, 5.41) is 10.5. The Morgan fingerprint density at radius 2 is 1.79 bits per heavy atom. The number of aromatic nitrogens is 2. The number of benzene rings is 3. The summed E-state index contributed by atoms with van der Waals surface area (Å²) in [5.74, 6) is -0.915. The van der Waals surface area contributed by atoms with Crippen molar-refractivity contribution in [3.05, 3.63) is 114 Å². The summed E-state index contributed by atoms with van der Waals surface area (Å²) < 4.78 is 2.34. The van der Waals surface area contributed by atoms with E-state index >= 15 is 0 Å². The summed E-state index contributed by atoms with van der Waals surface area (Å²) in [7, 11) is 0. The second-order valence-electron chi connectivity index (χ2n) is 7.89. The van der Waals surface area contributed by atoms with Crippen LogP contribution in [0.1, 0.15) is 21.6 Å². The number of rotatable bonds is 6. The van der Waals surface area contributed by atoms with Crippen LogP contribution in [0.3, 0.4) is 0 Å². The van der Waals surface area contributed by atoms with Crippen LogP contribution < -0.4 is 0 Å². The Hall–Kier alpha value is -3.83. The third-order valence-corrected chi connectivity index (χ3v) is 6.96. The first-order valence-corrected chi connectivity index (χ1v) is 11.5. The van der Waals surface area contributed by atoms with Crippen molar-refractivity contribution < 1.29 is 9.90 Å². The highest BCUT2D eigenvalue weighted by Crippen LogP contribution is 2.40. The van der Waals surface area contributed by atoms with Gasteiger partial charge in [-0.25, -0.2) is 4.79 Å². The first-order chi connectivity index (χ1) is 16.1. The molecular weight excluding hydrogens is 428 g/mol. The van der Waals surface area contributed by atoms with E-state index in [-0.39, 0.29) is 0 Å². The average Bonchev–Trinajstić information content (AvgIpc) is 3.10. The molecule has 3 aromatic carbocycles. The molecule has 0 amide bonds. The standard InChI is InChI=1S/C28H22N2O2S/c1-19-27(33-24-11-5-9-22(15-24)28(31)32)25-13-12-21(23-10-6-14-29-17-23)16-26(25)30(19)18-20-7-3-2-4-8-20/h2-17H,18H2,1H3,(H,31,32). The number of hydrogen-bond acceptors (Lipinski definition) is 3. The molecule has 33 heavy (non-hydrogen) atoms. The molecule has 0 fully saturated rings. The molecule has 0 aliphatic carbocycles. The molecule has 2 heterocycles. The number of nitrogens with zero attached hydrogens (tertiary/aromatic N) is 2. The Labute approximate surface area is 196 Å². The van der Waals surface area contributed by atoms with Crippen molar-refractivity contribution in [2.24, 2.45) is 0 Å². The summed E-state index contributed by atoms with van der Waals surface area (Å²) in [6, 6.07) is 28.1. The highest BCUT2D eigenvalue weighted by molar-refractivity contribution is 7.99. The van der Waals surface area contributed by atoms with Crippen LogP contribution in [0.2, 0.25) is 0 Å². The van der Waals surface area contributed by atoms with Crippen LogP contribution in [-0.4, -0.2) is 20.6 Å². The maximum atomic E-state index is 11.4. The van der Waals surface area contributed by atoms with E-state index in [1.165, 1.54) is 5.56 Å². The van der Waals surface area contributed by atoms with Crippen molar-refractivity contribution in [3.63, 3.8) is 0 Å². The lowest BCUT2D eigenvalue weighted by Crippen LogP contribution is -2.01. The van der Waals surface area contributed by atoms with Crippen LogP contribution in [0.25, 0.3) is 22.0 Å². The fraction of sp³-hybridized carbons (Fsp3) is 0.0714. The molecule has 0 radical (unpaired) electrons. The predicted molar refractivity (Wildman–Crippen MR) is 133 cm³/mol. The van der Waals surface area contributed by atoms with Gasteiger partial charge in [-0.05, 0) is 48.4 Å². The normalized spacial score (nSPS) is 11.1. The average molecular weight is 451 g/mol. The molecule has 0 saturated heterocycles. The Morgan fingerprint density at radius 3 is 2.55 bits per heavy atom. The maximum Gasteiger partial charge on any atom is 0.335 e. The molecule has 0 aliphatic rings. The Balaban J connectivity index is 1.65. The van der Waals surface area contributed by atoms with Gasteiger partial charge in [-0.3, -0.25) is 4.98 Å². The topological polar surface area (TPSA) is 55.1 Å². The number of carbonyl (C=O) groups is 1. The zero-order valence-corrected chi connectivity index (χ0v) is 18.9. The summed E-state index contributed by atoms with van der Waals surface area (Å²) in [5.41, 5.74) is 6.02. The highest BCUT2D eigenvalue weighted by atomic mass is 32.2. The zero-order valence-electron chi connectivity index (χ0n) is 18.1.